The van der Waals surface area contributed by atoms with E-state index in [9.17, 15) is 8.42 Å². The van der Waals surface area contributed by atoms with Gasteiger partial charge in [0, 0.05) is 25.7 Å². The minimum atomic E-state index is -3.30. The molecule has 0 radical (unpaired) electrons. The topological polar surface area (TPSA) is 75.4 Å². The molecule has 1 aliphatic heterocycles. The van der Waals surface area contributed by atoms with Gasteiger partial charge in [-0.3, -0.25) is 0 Å². The molecule has 1 aliphatic rings. The highest BCUT2D eigenvalue weighted by Gasteiger charge is 2.29. The zero-order chi connectivity index (χ0) is 10.8. The molecule has 2 atom stereocenters. The molecule has 0 aromatic carbocycles. The van der Waals surface area contributed by atoms with E-state index in [0.717, 1.165) is 6.42 Å². The number of hydrogen-bond acceptors (Lipinski definition) is 3. The lowest BCUT2D eigenvalue weighted by Gasteiger charge is -2.19. The fourth-order valence-corrected chi connectivity index (χ4v) is 3.04. The van der Waals surface area contributed by atoms with E-state index in [0.29, 0.717) is 25.6 Å². The normalized spacial score (nSPS) is 26.6. The Bertz CT molecular complexity index is 278. The van der Waals surface area contributed by atoms with Gasteiger partial charge in [-0.2, -0.15) is 17.4 Å². The van der Waals surface area contributed by atoms with Gasteiger partial charge in [0.15, 0.2) is 0 Å². The third kappa shape index (κ3) is 2.91. The first-order chi connectivity index (χ1) is 6.45. The van der Waals surface area contributed by atoms with Crippen LogP contribution in [0.5, 0.6) is 0 Å². The Morgan fingerprint density at radius 1 is 1.64 bits per heavy atom. The van der Waals surface area contributed by atoms with Gasteiger partial charge in [-0.05, 0) is 19.3 Å². The van der Waals surface area contributed by atoms with Crippen molar-refractivity contribution < 1.29 is 8.42 Å². The molecular weight excluding hydrogens is 202 g/mol. The van der Waals surface area contributed by atoms with E-state index in [1.807, 2.05) is 0 Å². The number of rotatable bonds is 4. The molecule has 84 valence electrons. The smallest absolute Gasteiger partial charge is 0.279 e. The SMILES string of the molecule is CC1CCN(S(=O)(=O)N[C@@H](C)CN)C1. The van der Waals surface area contributed by atoms with E-state index >= 15 is 0 Å². The van der Waals surface area contributed by atoms with Gasteiger partial charge in [0.25, 0.3) is 10.2 Å². The Hall–Kier alpha value is -0.170. The lowest BCUT2D eigenvalue weighted by atomic mass is 10.2. The summed E-state index contributed by atoms with van der Waals surface area (Å²) in [6.45, 7) is 5.38. The van der Waals surface area contributed by atoms with Crippen LogP contribution in [-0.4, -0.2) is 38.4 Å². The summed E-state index contributed by atoms with van der Waals surface area (Å²) in [6.07, 6.45) is 0.942. The third-order valence-electron chi connectivity index (χ3n) is 2.43. The van der Waals surface area contributed by atoms with Gasteiger partial charge in [0.2, 0.25) is 0 Å². The second-order valence-electron chi connectivity index (χ2n) is 4.01. The van der Waals surface area contributed by atoms with Crippen LogP contribution < -0.4 is 10.5 Å². The van der Waals surface area contributed by atoms with E-state index in [1.165, 1.54) is 4.31 Å². The molecule has 0 aliphatic carbocycles. The Morgan fingerprint density at radius 3 is 2.71 bits per heavy atom. The first kappa shape index (κ1) is 11.9. The van der Waals surface area contributed by atoms with Crippen LogP contribution in [0.15, 0.2) is 0 Å². The minimum absolute atomic E-state index is 0.198. The standard InChI is InChI=1S/C8H19N3O2S/c1-7-3-4-11(6-7)14(12,13)10-8(2)5-9/h7-8,10H,3-6,9H2,1-2H3/t7?,8-/m0/s1. The van der Waals surface area contributed by atoms with Crippen LogP contribution in [0.1, 0.15) is 20.3 Å². The summed E-state index contributed by atoms with van der Waals surface area (Å²) in [5, 5.41) is 0. The molecule has 1 saturated heterocycles. The maximum absolute atomic E-state index is 11.7. The number of nitrogens with two attached hydrogens (primary N) is 1. The second-order valence-corrected chi connectivity index (χ2v) is 5.71. The highest BCUT2D eigenvalue weighted by atomic mass is 32.2. The number of hydrogen-bond donors (Lipinski definition) is 2. The maximum atomic E-state index is 11.7. The molecule has 0 aromatic rings. The molecule has 0 saturated carbocycles. The molecule has 1 heterocycles. The second kappa shape index (κ2) is 4.57. The van der Waals surface area contributed by atoms with Gasteiger partial charge in [0.05, 0.1) is 0 Å². The average molecular weight is 221 g/mol. The van der Waals surface area contributed by atoms with Crippen molar-refractivity contribution in [3.63, 3.8) is 0 Å². The van der Waals surface area contributed by atoms with Crippen LogP contribution >= 0.6 is 0 Å². The van der Waals surface area contributed by atoms with Crippen LogP contribution in [0, 0.1) is 5.92 Å². The van der Waals surface area contributed by atoms with Crippen molar-refractivity contribution >= 4 is 10.2 Å². The van der Waals surface area contributed by atoms with E-state index in [4.69, 9.17) is 5.73 Å². The van der Waals surface area contributed by atoms with E-state index < -0.39 is 10.2 Å². The van der Waals surface area contributed by atoms with Crippen molar-refractivity contribution in [1.29, 1.82) is 0 Å². The van der Waals surface area contributed by atoms with Crippen LogP contribution in [0.25, 0.3) is 0 Å². The third-order valence-corrected chi connectivity index (χ3v) is 4.14. The Labute approximate surface area is 85.8 Å². The van der Waals surface area contributed by atoms with E-state index in [-0.39, 0.29) is 6.04 Å². The molecule has 3 N–H and O–H groups in total. The monoisotopic (exact) mass is 221 g/mol. The zero-order valence-electron chi connectivity index (χ0n) is 8.73. The maximum Gasteiger partial charge on any atom is 0.279 e. The summed E-state index contributed by atoms with van der Waals surface area (Å²) in [5.74, 6) is 0.458. The Kier molecular flexibility index (Phi) is 3.88. The van der Waals surface area contributed by atoms with E-state index in [1.54, 1.807) is 6.92 Å². The van der Waals surface area contributed by atoms with Crippen LogP contribution in [0.3, 0.4) is 0 Å². The van der Waals surface area contributed by atoms with Gasteiger partial charge >= 0.3 is 0 Å². The highest BCUT2D eigenvalue weighted by Crippen LogP contribution is 2.17. The summed E-state index contributed by atoms with van der Waals surface area (Å²) in [4.78, 5) is 0. The van der Waals surface area contributed by atoms with Gasteiger partial charge in [-0.25, -0.2) is 0 Å². The fourth-order valence-electron chi connectivity index (χ4n) is 1.49. The van der Waals surface area contributed by atoms with Gasteiger partial charge < -0.3 is 5.73 Å². The summed E-state index contributed by atoms with van der Waals surface area (Å²) in [7, 11) is -3.30. The van der Waals surface area contributed by atoms with Crippen molar-refractivity contribution in [1.82, 2.24) is 9.03 Å². The number of nitrogens with zero attached hydrogens (tertiary/aromatic N) is 1. The minimum Gasteiger partial charge on any atom is -0.329 e. The van der Waals surface area contributed by atoms with Gasteiger partial charge in [-0.15, -0.1) is 0 Å². The first-order valence-corrected chi connectivity index (χ1v) is 6.37. The van der Waals surface area contributed by atoms with Crippen LogP contribution in [-0.2, 0) is 10.2 Å². The average Bonchev–Trinajstić information content (AvgIpc) is 2.51. The van der Waals surface area contributed by atoms with Crippen molar-refractivity contribution in [3.8, 4) is 0 Å². The fraction of sp³-hybridized carbons (Fsp3) is 1.00. The van der Waals surface area contributed by atoms with Crippen molar-refractivity contribution in [3.05, 3.63) is 0 Å². The zero-order valence-corrected chi connectivity index (χ0v) is 9.55. The Balaban J connectivity index is 2.57. The van der Waals surface area contributed by atoms with Crippen molar-refractivity contribution in [2.45, 2.75) is 26.3 Å². The lowest BCUT2D eigenvalue weighted by Crippen LogP contribution is -2.45. The highest BCUT2D eigenvalue weighted by molar-refractivity contribution is 7.87. The summed E-state index contributed by atoms with van der Waals surface area (Å²) in [5.41, 5.74) is 5.36. The Morgan fingerprint density at radius 2 is 2.29 bits per heavy atom. The molecular formula is C8H19N3O2S. The molecule has 1 fully saturated rings. The predicted molar refractivity (Wildman–Crippen MR) is 55.9 cm³/mol. The molecule has 1 rings (SSSR count). The largest absolute Gasteiger partial charge is 0.329 e. The molecule has 5 nitrogen and oxygen atoms in total. The number of nitrogens with one attached hydrogen (secondary N) is 1. The molecule has 0 aromatic heterocycles. The molecule has 0 bridgehead atoms. The molecule has 0 spiro atoms. The summed E-state index contributed by atoms with van der Waals surface area (Å²) >= 11 is 0. The quantitative estimate of drug-likeness (QED) is 0.672. The summed E-state index contributed by atoms with van der Waals surface area (Å²) in [6, 6.07) is -0.198. The van der Waals surface area contributed by atoms with Gasteiger partial charge in [0.1, 0.15) is 0 Å². The van der Waals surface area contributed by atoms with E-state index in [2.05, 4.69) is 11.6 Å². The van der Waals surface area contributed by atoms with Crippen LogP contribution in [0.4, 0.5) is 0 Å². The molecule has 0 amide bonds. The molecule has 14 heavy (non-hydrogen) atoms. The first-order valence-electron chi connectivity index (χ1n) is 4.93. The molecule has 6 heteroatoms. The summed E-state index contributed by atoms with van der Waals surface area (Å²) < 4.78 is 27.4. The predicted octanol–water partition coefficient (Wildman–Crippen LogP) is -0.490. The van der Waals surface area contributed by atoms with Crippen LogP contribution in [0.2, 0.25) is 0 Å². The van der Waals surface area contributed by atoms with Gasteiger partial charge in [-0.1, -0.05) is 6.92 Å². The van der Waals surface area contributed by atoms with Crippen molar-refractivity contribution in [2.75, 3.05) is 19.6 Å². The molecule has 1 unspecified atom stereocenters. The lowest BCUT2D eigenvalue weighted by molar-refractivity contribution is 0.445. The van der Waals surface area contributed by atoms with Crippen molar-refractivity contribution in [2.24, 2.45) is 11.7 Å².